The van der Waals surface area contributed by atoms with Crippen molar-refractivity contribution in [3.63, 3.8) is 0 Å². The molecule has 0 amide bonds. The molecule has 0 aliphatic heterocycles. The zero-order valence-corrected chi connectivity index (χ0v) is 7.28. The van der Waals surface area contributed by atoms with Crippen LogP contribution in [0, 0.1) is 5.41 Å². The number of pyridine rings is 1. The molecule has 0 bridgehead atoms. The van der Waals surface area contributed by atoms with E-state index in [2.05, 4.69) is 10.5 Å². The highest BCUT2D eigenvalue weighted by molar-refractivity contribution is 6.32. The standard InChI is InChI=1S/C7H10BN5/c1-13(12-10)7(9)6-3-2-5(8)4-11-6/h2-4,9,12H,10H2,1H3. The van der Waals surface area contributed by atoms with Crippen molar-refractivity contribution in [1.29, 1.82) is 5.41 Å². The predicted molar refractivity (Wildman–Crippen MR) is 51.5 cm³/mol. The van der Waals surface area contributed by atoms with Gasteiger partial charge in [-0.15, -0.1) is 0 Å². The van der Waals surface area contributed by atoms with Crippen LogP contribution in [0.5, 0.6) is 0 Å². The zero-order valence-electron chi connectivity index (χ0n) is 7.28. The lowest BCUT2D eigenvalue weighted by molar-refractivity contribution is 0.374. The highest BCUT2D eigenvalue weighted by atomic mass is 15.6. The quantitative estimate of drug-likeness (QED) is 0.168. The summed E-state index contributed by atoms with van der Waals surface area (Å²) in [6.45, 7) is 0. The molecule has 0 fully saturated rings. The van der Waals surface area contributed by atoms with Crippen molar-refractivity contribution in [2.45, 2.75) is 0 Å². The van der Waals surface area contributed by atoms with Crippen molar-refractivity contribution in [1.82, 2.24) is 15.5 Å². The van der Waals surface area contributed by atoms with Crippen LogP contribution in [0.3, 0.4) is 0 Å². The van der Waals surface area contributed by atoms with Gasteiger partial charge in [-0.3, -0.25) is 21.2 Å². The van der Waals surface area contributed by atoms with Gasteiger partial charge in [0.15, 0.2) is 5.84 Å². The van der Waals surface area contributed by atoms with Crippen molar-refractivity contribution in [2.75, 3.05) is 7.05 Å². The van der Waals surface area contributed by atoms with Gasteiger partial charge in [-0.05, 0) is 6.07 Å². The molecule has 1 heterocycles. The molecule has 13 heavy (non-hydrogen) atoms. The second-order valence-corrected chi connectivity index (χ2v) is 2.51. The Bertz CT molecular complexity index is 296. The van der Waals surface area contributed by atoms with Crippen LogP contribution in [0.2, 0.25) is 0 Å². The largest absolute Gasteiger partial charge is 0.282 e. The number of nitrogens with one attached hydrogen (secondary N) is 2. The Kier molecular flexibility index (Phi) is 3.00. The summed E-state index contributed by atoms with van der Waals surface area (Å²) in [5, 5.41) is 8.93. The Morgan fingerprint density at radius 2 is 2.38 bits per heavy atom. The summed E-state index contributed by atoms with van der Waals surface area (Å²) in [6, 6.07) is 3.34. The molecule has 5 nitrogen and oxygen atoms in total. The first-order valence-electron chi connectivity index (χ1n) is 3.65. The minimum Gasteiger partial charge on any atom is -0.282 e. The molecule has 4 N–H and O–H groups in total. The lowest BCUT2D eigenvalue weighted by atomic mass is 9.99. The molecule has 1 aromatic rings. The maximum Gasteiger partial charge on any atom is 0.162 e. The summed E-state index contributed by atoms with van der Waals surface area (Å²) >= 11 is 0. The topological polar surface area (TPSA) is 78.0 Å². The van der Waals surface area contributed by atoms with E-state index in [9.17, 15) is 0 Å². The molecule has 2 radical (unpaired) electrons. The molecule has 0 atom stereocenters. The maximum absolute atomic E-state index is 7.59. The van der Waals surface area contributed by atoms with Gasteiger partial charge in [0, 0.05) is 13.2 Å². The van der Waals surface area contributed by atoms with Crippen LogP contribution in [0.1, 0.15) is 5.69 Å². The molecule has 6 heteroatoms. The van der Waals surface area contributed by atoms with E-state index in [1.165, 1.54) is 11.2 Å². The van der Waals surface area contributed by atoms with Crippen LogP contribution in [0.4, 0.5) is 0 Å². The van der Waals surface area contributed by atoms with Crippen LogP contribution in [0.15, 0.2) is 18.3 Å². The number of nitrogens with zero attached hydrogens (tertiary/aromatic N) is 2. The normalized spacial score (nSPS) is 9.69. The van der Waals surface area contributed by atoms with Gasteiger partial charge in [-0.1, -0.05) is 11.5 Å². The van der Waals surface area contributed by atoms with Crippen LogP contribution < -0.4 is 16.8 Å². The highest BCUT2D eigenvalue weighted by Gasteiger charge is 2.05. The SMILES string of the molecule is [B]c1ccc(C(=N)N(C)NN)nc1. The molecular weight excluding hydrogens is 165 g/mol. The van der Waals surface area contributed by atoms with Gasteiger partial charge in [0.2, 0.25) is 0 Å². The molecule has 66 valence electrons. The van der Waals surface area contributed by atoms with E-state index < -0.39 is 0 Å². The second-order valence-electron chi connectivity index (χ2n) is 2.51. The number of hydrogen-bond acceptors (Lipinski definition) is 4. The number of hydrazine groups is 2. The van der Waals surface area contributed by atoms with Gasteiger partial charge in [-0.25, -0.2) is 0 Å². The average Bonchev–Trinajstić information content (AvgIpc) is 2.17. The molecule has 0 aromatic carbocycles. The summed E-state index contributed by atoms with van der Waals surface area (Å²) in [5.74, 6) is 5.31. The first kappa shape index (κ1) is 9.69. The number of hydrogen-bond donors (Lipinski definition) is 3. The molecule has 0 saturated heterocycles. The van der Waals surface area contributed by atoms with Gasteiger partial charge in [0.25, 0.3) is 0 Å². The van der Waals surface area contributed by atoms with Gasteiger partial charge in [0.1, 0.15) is 13.5 Å². The van der Waals surface area contributed by atoms with Crippen molar-refractivity contribution < 1.29 is 0 Å². The van der Waals surface area contributed by atoms with Crippen LogP contribution in [-0.4, -0.2) is 30.7 Å². The third-order valence-electron chi connectivity index (χ3n) is 1.56. The van der Waals surface area contributed by atoms with Crippen molar-refractivity contribution in [2.24, 2.45) is 5.84 Å². The lowest BCUT2D eigenvalue weighted by Gasteiger charge is -2.16. The highest BCUT2D eigenvalue weighted by Crippen LogP contribution is 1.94. The van der Waals surface area contributed by atoms with Crippen LogP contribution in [0.25, 0.3) is 0 Å². The average molecular weight is 175 g/mol. The van der Waals surface area contributed by atoms with E-state index in [-0.39, 0.29) is 5.84 Å². The molecule has 0 saturated carbocycles. The fraction of sp³-hybridized carbons (Fsp3) is 0.143. The van der Waals surface area contributed by atoms with E-state index in [0.29, 0.717) is 11.2 Å². The van der Waals surface area contributed by atoms with E-state index in [4.69, 9.17) is 19.1 Å². The number of nitrogens with two attached hydrogens (primary N) is 1. The van der Waals surface area contributed by atoms with Crippen LogP contribution >= 0.6 is 0 Å². The minimum absolute atomic E-state index is 0.183. The summed E-state index contributed by atoms with van der Waals surface area (Å²) in [6.07, 6.45) is 1.49. The third kappa shape index (κ3) is 2.27. The van der Waals surface area contributed by atoms with Crippen molar-refractivity contribution in [3.05, 3.63) is 24.0 Å². The second kappa shape index (κ2) is 4.02. The van der Waals surface area contributed by atoms with E-state index in [0.717, 1.165) is 0 Å². The van der Waals surface area contributed by atoms with Gasteiger partial charge < -0.3 is 0 Å². The van der Waals surface area contributed by atoms with Crippen molar-refractivity contribution >= 4 is 19.1 Å². The molecule has 0 unspecified atom stereocenters. The number of aromatic nitrogens is 1. The van der Waals surface area contributed by atoms with Crippen LogP contribution in [-0.2, 0) is 0 Å². The molecule has 0 aliphatic carbocycles. The molecule has 1 rings (SSSR count). The molecule has 0 spiro atoms. The summed E-state index contributed by atoms with van der Waals surface area (Å²) in [4.78, 5) is 3.96. The van der Waals surface area contributed by atoms with E-state index in [1.807, 2.05) is 0 Å². The van der Waals surface area contributed by atoms with Gasteiger partial charge in [0.05, 0.1) is 0 Å². The van der Waals surface area contributed by atoms with E-state index in [1.54, 1.807) is 19.2 Å². The Balaban J connectivity index is 2.83. The predicted octanol–water partition coefficient (Wildman–Crippen LogP) is -1.49. The third-order valence-corrected chi connectivity index (χ3v) is 1.56. The summed E-state index contributed by atoms with van der Waals surface area (Å²) in [7, 11) is 7.07. The molecule has 1 aromatic heterocycles. The Morgan fingerprint density at radius 1 is 1.69 bits per heavy atom. The Labute approximate surface area is 77.8 Å². The smallest absolute Gasteiger partial charge is 0.162 e. The monoisotopic (exact) mass is 175 g/mol. The van der Waals surface area contributed by atoms with Gasteiger partial charge in [-0.2, -0.15) is 5.53 Å². The Hall–Kier alpha value is -1.40. The van der Waals surface area contributed by atoms with Gasteiger partial charge >= 0.3 is 0 Å². The first-order chi connectivity index (χ1) is 6.15. The lowest BCUT2D eigenvalue weighted by Crippen LogP contribution is -2.44. The fourth-order valence-electron chi connectivity index (χ4n) is 0.782. The number of amidine groups is 1. The summed E-state index contributed by atoms with van der Waals surface area (Å²) < 4.78 is 0. The molecule has 0 aliphatic rings. The first-order valence-corrected chi connectivity index (χ1v) is 3.65. The van der Waals surface area contributed by atoms with Crippen molar-refractivity contribution in [3.8, 4) is 0 Å². The maximum atomic E-state index is 7.59. The molecular formula is C7H10BN5. The minimum atomic E-state index is 0.183. The fourth-order valence-corrected chi connectivity index (χ4v) is 0.782. The number of rotatable bonds is 2. The zero-order chi connectivity index (χ0) is 9.84. The van der Waals surface area contributed by atoms with E-state index >= 15 is 0 Å². The Morgan fingerprint density at radius 3 is 2.85 bits per heavy atom. The summed E-state index contributed by atoms with van der Waals surface area (Å²) in [5.41, 5.74) is 3.39.